The molecule has 0 spiro atoms. The molecule has 176 valence electrons. The molecule has 0 aliphatic rings. The zero-order chi connectivity index (χ0) is 25.1. The van der Waals surface area contributed by atoms with Gasteiger partial charge in [-0.1, -0.05) is 0 Å². The number of hydrogen-bond donors (Lipinski definition) is 3. The van der Waals surface area contributed by atoms with Gasteiger partial charge in [0, 0.05) is 0 Å². The minimum absolute atomic E-state index is 0.294. The monoisotopic (exact) mass is 468 g/mol. The molecule has 12 heteroatoms. The molecule has 0 heterocycles. The molecule has 0 fully saturated rings. The molecule has 6 nitrogen and oxygen atoms in total. The SMILES string of the molecule is CC(C)(C)OC(=O)c1ccc(C(F)(F)F)cc1O.O=C(O)c1ccc(C(F)(F)F)cc1O. The largest absolute Gasteiger partial charge is 0.507 e. The normalized spacial score (nSPS) is 11.9. The Hall–Kier alpha value is -3.44. The molecule has 0 aliphatic carbocycles. The third-order valence-electron chi connectivity index (χ3n) is 3.50. The average Bonchev–Trinajstić information content (AvgIpc) is 2.58. The quantitative estimate of drug-likeness (QED) is 0.399. The molecule has 0 aromatic heterocycles. The molecule has 0 atom stereocenters. The van der Waals surface area contributed by atoms with Crippen molar-refractivity contribution >= 4 is 11.9 Å². The first-order chi connectivity index (χ1) is 14.3. The average molecular weight is 468 g/mol. The number of hydrogen-bond acceptors (Lipinski definition) is 5. The summed E-state index contributed by atoms with van der Waals surface area (Å²) in [5, 5.41) is 26.8. The summed E-state index contributed by atoms with van der Waals surface area (Å²) in [6.45, 7) is 4.85. The van der Waals surface area contributed by atoms with Gasteiger partial charge in [-0.25, -0.2) is 9.59 Å². The Morgan fingerprint density at radius 3 is 1.41 bits per heavy atom. The maximum atomic E-state index is 12.3. The number of carboxylic acids is 1. The van der Waals surface area contributed by atoms with Gasteiger partial charge in [0.25, 0.3) is 0 Å². The van der Waals surface area contributed by atoms with E-state index in [1.54, 1.807) is 20.8 Å². The van der Waals surface area contributed by atoms with Crippen LogP contribution in [-0.2, 0) is 17.1 Å². The van der Waals surface area contributed by atoms with Crippen LogP contribution in [0.5, 0.6) is 11.5 Å². The summed E-state index contributed by atoms with van der Waals surface area (Å²) in [6.07, 6.45) is -9.15. The molecule has 2 rings (SSSR count). The van der Waals surface area contributed by atoms with Crippen molar-refractivity contribution in [1.29, 1.82) is 0 Å². The van der Waals surface area contributed by atoms with Crippen molar-refractivity contribution in [2.45, 2.75) is 38.7 Å². The Kier molecular flexibility index (Phi) is 7.78. The van der Waals surface area contributed by atoms with Crippen LogP contribution in [-0.4, -0.2) is 32.9 Å². The van der Waals surface area contributed by atoms with Crippen molar-refractivity contribution in [3.05, 3.63) is 58.7 Å². The highest BCUT2D eigenvalue weighted by Crippen LogP contribution is 2.34. The predicted molar refractivity (Wildman–Crippen MR) is 98.3 cm³/mol. The van der Waals surface area contributed by atoms with E-state index in [2.05, 4.69) is 0 Å². The number of halogens is 6. The third-order valence-corrected chi connectivity index (χ3v) is 3.50. The summed E-state index contributed by atoms with van der Waals surface area (Å²) in [7, 11) is 0. The van der Waals surface area contributed by atoms with Gasteiger partial charge in [-0.3, -0.25) is 0 Å². The summed E-state index contributed by atoms with van der Waals surface area (Å²) < 4.78 is 78.1. The van der Waals surface area contributed by atoms with E-state index in [1.165, 1.54) is 0 Å². The number of benzene rings is 2. The fraction of sp³-hybridized carbons (Fsp3) is 0.300. The molecule has 0 aliphatic heterocycles. The van der Waals surface area contributed by atoms with Gasteiger partial charge in [-0.05, 0) is 57.2 Å². The third kappa shape index (κ3) is 7.67. The lowest BCUT2D eigenvalue weighted by atomic mass is 10.1. The molecule has 2 aromatic rings. The zero-order valence-electron chi connectivity index (χ0n) is 16.8. The van der Waals surface area contributed by atoms with E-state index < -0.39 is 58.1 Å². The highest BCUT2D eigenvalue weighted by atomic mass is 19.4. The van der Waals surface area contributed by atoms with Crippen molar-refractivity contribution in [2.75, 3.05) is 0 Å². The molecular weight excluding hydrogens is 450 g/mol. The highest BCUT2D eigenvalue weighted by Gasteiger charge is 2.32. The maximum absolute atomic E-state index is 12.3. The molecule has 0 amide bonds. The van der Waals surface area contributed by atoms with Crippen molar-refractivity contribution in [1.82, 2.24) is 0 Å². The number of carboxylic acid groups (broad SMARTS) is 1. The Bertz CT molecular complexity index is 990. The standard InChI is InChI=1S/C12H13F3O3.C8H5F3O3/c1-11(2,3)18-10(17)8-5-4-7(6-9(8)16)12(13,14)15;9-8(10,11)4-1-2-5(7(13)14)6(12)3-4/h4-6,16H,1-3H3;1-3,12H,(H,13,14). The molecule has 0 radical (unpaired) electrons. The lowest BCUT2D eigenvalue weighted by Crippen LogP contribution is -2.24. The van der Waals surface area contributed by atoms with E-state index in [1.807, 2.05) is 0 Å². The number of esters is 1. The van der Waals surface area contributed by atoms with Crippen molar-refractivity contribution in [3.63, 3.8) is 0 Å². The number of phenols is 2. The number of ether oxygens (including phenoxy) is 1. The molecule has 0 unspecified atom stereocenters. The van der Waals surface area contributed by atoms with E-state index in [4.69, 9.17) is 14.9 Å². The number of alkyl halides is 6. The summed E-state index contributed by atoms with van der Waals surface area (Å²) in [5.41, 5.74) is -3.74. The molecule has 32 heavy (non-hydrogen) atoms. The molecule has 0 saturated carbocycles. The van der Waals surface area contributed by atoms with Gasteiger partial charge in [0.05, 0.1) is 11.1 Å². The summed E-state index contributed by atoms with van der Waals surface area (Å²) in [4.78, 5) is 21.9. The lowest BCUT2D eigenvalue weighted by molar-refractivity contribution is -0.138. The van der Waals surface area contributed by atoms with E-state index in [9.17, 15) is 41.0 Å². The summed E-state index contributed by atoms with van der Waals surface area (Å²) in [6, 6.07) is 3.80. The Morgan fingerprint density at radius 1 is 0.750 bits per heavy atom. The lowest BCUT2D eigenvalue weighted by Gasteiger charge is -2.20. The van der Waals surface area contributed by atoms with Gasteiger partial charge in [0.1, 0.15) is 28.2 Å². The molecular formula is C20H18F6O6. The van der Waals surface area contributed by atoms with Crippen molar-refractivity contribution in [2.24, 2.45) is 0 Å². The second kappa shape index (κ2) is 9.37. The topological polar surface area (TPSA) is 104 Å². The van der Waals surface area contributed by atoms with Crippen molar-refractivity contribution in [3.8, 4) is 11.5 Å². The minimum atomic E-state index is -4.59. The first-order valence-electron chi connectivity index (χ1n) is 8.60. The number of phenolic OH excluding ortho intramolecular Hbond substituents is 1. The Labute approximate surface area is 177 Å². The number of aromatic carboxylic acids is 1. The summed E-state index contributed by atoms with van der Waals surface area (Å²) in [5.74, 6) is -3.99. The summed E-state index contributed by atoms with van der Waals surface area (Å²) >= 11 is 0. The van der Waals surface area contributed by atoms with Crippen molar-refractivity contribution < 1.29 is 56.0 Å². The molecule has 3 N–H and O–H groups in total. The molecule has 0 saturated heterocycles. The van der Waals surface area contributed by atoms with Crippen LogP contribution in [0.25, 0.3) is 0 Å². The minimum Gasteiger partial charge on any atom is -0.507 e. The van der Waals surface area contributed by atoms with Gasteiger partial charge in [-0.2, -0.15) is 26.3 Å². The van der Waals surface area contributed by atoms with Gasteiger partial charge >= 0.3 is 24.3 Å². The Morgan fingerprint density at radius 2 is 1.12 bits per heavy atom. The van der Waals surface area contributed by atoms with Crippen LogP contribution in [0.3, 0.4) is 0 Å². The number of carbonyl (C=O) groups is 2. The van der Waals surface area contributed by atoms with Gasteiger partial charge in [-0.15, -0.1) is 0 Å². The fourth-order valence-corrected chi connectivity index (χ4v) is 2.10. The van der Waals surface area contributed by atoms with Gasteiger partial charge in [0.2, 0.25) is 0 Å². The molecule has 2 aromatic carbocycles. The van der Waals surface area contributed by atoms with Crippen LogP contribution in [0.15, 0.2) is 36.4 Å². The van der Waals surface area contributed by atoms with Crippen LogP contribution >= 0.6 is 0 Å². The van der Waals surface area contributed by atoms with E-state index >= 15 is 0 Å². The first kappa shape index (κ1) is 26.6. The van der Waals surface area contributed by atoms with Gasteiger partial charge in [0.15, 0.2) is 0 Å². The zero-order valence-corrected chi connectivity index (χ0v) is 16.8. The number of carbonyl (C=O) groups excluding carboxylic acids is 1. The van der Waals surface area contributed by atoms with Crippen LogP contribution < -0.4 is 0 Å². The smallest absolute Gasteiger partial charge is 0.416 e. The Balaban J connectivity index is 0.000000330. The predicted octanol–water partition coefficient (Wildman–Crippen LogP) is 5.48. The highest BCUT2D eigenvalue weighted by molar-refractivity contribution is 5.92. The molecule has 0 bridgehead atoms. The van der Waals surface area contributed by atoms with Gasteiger partial charge < -0.3 is 20.1 Å². The second-order valence-corrected chi connectivity index (χ2v) is 7.27. The maximum Gasteiger partial charge on any atom is 0.416 e. The number of aromatic hydroxyl groups is 2. The van der Waals surface area contributed by atoms with Crippen LogP contribution in [0.2, 0.25) is 0 Å². The van der Waals surface area contributed by atoms with Crippen LogP contribution in [0.1, 0.15) is 52.6 Å². The number of rotatable bonds is 2. The van der Waals surface area contributed by atoms with E-state index in [0.717, 1.165) is 12.1 Å². The first-order valence-corrected chi connectivity index (χ1v) is 8.60. The van der Waals surface area contributed by atoms with Crippen LogP contribution in [0, 0.1) is 0 Å². The van der Waals surface area contributed by atoms with Crippen LogP contribution in [0.4, 0.5) is 26.3 Å². The second-order valence-electron chi connectivity index (χ2n) is 7.27. The fourth-order valence-electron chi connectivity index (χ4n) is 2.10. The van der Waals surface area contributed by atoms with E-state index in [-0.39, 0.29) is 5.56 Å². The van der Waals surface area contributed by atoms with E-state index in [0.29, 0.717) is 24.3 Å².